The van der Waals surface area contributed by atoms with Crippen LogP contribution in [0, 0.1) is 6.92 Å². The van der Waals surface area contributed by atoms with Crippen LogP contribution in [-0.2, 0) is 0 Å². The molecule has 1 atom stereocenters. The average Bonchev–Trinajstić information content (AvgIpc) is 3.17. The predicted octanol–water partition coefficient (Wildman–Crippen LogP) is 2.55. The Labute approximate surface area is 163 Å². The third-order valence-corrected chi connectivity index (χ3v) is 5.28. The summed E-state index contributed by atoms with van der Waals surface area (Å²) < 4.78 is 1.28. The second-order valence-electron chi connectivity index (χ2n) is 7.64. The van der Waals surface area contributed by atoms with Gasteiger partial charge in [-0.2, -0.15) is 9.61 Å². The highest BCUT2D eigenvalue weighted by Gasteiger charge is 2.29. The van der Waals surface area contributed by atoms with Crippen molar-refractivity contribution in [2.45, 2.75) is 39.0 Å². The first-order valence-electron chi connectivity index (χ1n) is 9.55. The number of nitrogens with zero attached hydrogens (tertiary/aromatic N) is 5. The number of carbonyl (C=O) groups excluding carboxylic acids is 1. The lowest BCUT2D eigenvalue weighted by molar-refractivity contribution is 0.0785. The first-order valence-corrected chi connectivity index (χ1v) is 9.55. The molecule has 3 aromatic heterocycles. The largest absolute Gasteiger partial charge is 0.337 e. The topological polar surface area (TPSA) is 80.5 Å². The van der Waals surface area contributed by atoms with Crippen LogP contribution in [0.4, 0.5) is 0 Å². The van der Waals surface area contributed by atoms with Crippen molar-refractivity contribution in [2.75, 3.05) is 13.1 Å². The molecule has 0 N–H and O–H groups in total. The van der Waals surface area contributed by atoms with Gasteiger partial charge in [-0.25, -0.2) is 4.98 Å². The van der Waals surface area contributed by atoms with Crippen molar-refractivity contribution in [1.29, 1.82) is 0 Å². The zero-order chi connectivity index (χ0) is 19.8. The maximum absolute atomic E-state index is 13.0. The van der Waals surface area contributed by atoms with Crippen LogP contribution in [0.2, 0.25) is 0 Å². The van der Waals surface area contributed by atoms with Crippen molar-refractivity contribution in [3.05, 3.63) is 69.5 Å². The first kappa shape index (κ1) is 18.3. The number of likely N-dealkylation sites (tertiary alicyclic amines) is 1. The number of pyridine rings is 1. The fourth-order valence-corrected chi connectivity index (χ4v) is 3.82. The maximum Gasteiger partial charge on any atom is 0.275 e. The van der Waals surface area contributed by atoms with Crippen LogP contribution in [-0.4, -0.2) is 43.5 Å². The molecule has 1 aliphatic rings. The minimum Gasteiger partial charge on any atom is -0.337 e. The molecule has 3 aromatic rings. The van der Waals surface area contributed by atoms with Gasteiger partial charge in [0.05, 0.1) is 5.69 Å². The van der Waals surface area contributed by atoms with E-state index < -0.39 is 0 Å². The summed E-state index contributed by atoms with van der Waals surface area (Å²) in [5, 5.41) is 4.43. The zero-order valence-corrected chi connectivity index (χ0v) is 16.3. The van der Waals surface area contributed by atoms with E-state index in [2.05, 4.69) is 15.1 Å². The van der Waals surface area contributed by atoms with E-state index in [1.165, 1.54) is 10.6 Å². The minimum atomic E-state index is -0.335. The Morgan fingerprint density at radius 2 is 2.11 bits per heavy atom. The van der Waals surface area contributed by atoms with Gasteiger partial charge in [0.2, 0.25) is 0 Å². The molecule has 7 heteroatoms. The Morgan fingerprint density at radius 3 is 2.82 bits per heavy atom. The molecule has 1 saturated heterocycles. The fraction of sp³-hybridized carbons (Fsp3) is 0.381. The molecule has 0 saturated carbocycles. The molecule has 28 heavy (non-hydrogen) atoms. The van der Waals surface area contributed by atoms with Gasteiger partial charge in [-0.05, 0) is 42.5 Å². The molecule has 0 aromatic carbocycles. The van der Waals surface area contributed by atoms with Crippen LogP contribution in [0.3, 0.4) is 0 Å². The number of amides is 1. The van der Waals surface area contributed by atoms with Crippen molar-refractivity contribution in [3.63, 3.8) is 0 Å². The fourth-order valence-electron chi connectivity index (χ4n) is 3.82. The summed E-state index contributed by atoms with van der Waals surface area (Å²) in [6.07, 6.45) is 4.47. The molecule has 0 aliphatic carbocycles. The predicted molar refractivity (Wildman–Crippen MR) is 106 cm³/mol. The second-order valence-corrected chi connectivity index (χ2v) is 7.64. The van der Waals surface area contributed by atoms with Crippen molar-refractivity contribution in [3.8, 4) is 0 Å². The highest BCUT2D eigenvalue weighted by molar-refractivity contribution is 5.93. The van der Waals surface area contributed by atoms with E-state index in [1.807, 2.05) is 45.2 Å². The Balaban J connectivity index is 1.63. The minimum absolute atomic E-state index is 0.176. The molecule has 1 amide bonds. The third-order valence-electron chi connectivity index (χ3n) is 5.28. The van der Waals surface area contributed by atoms with Gasteiger partial charge in [-0.15, -0.1) is 0 Å². The van der Waals surface area contributed by atoms with E-state index in [1.54, 1.807) is 11.1 Å². The summed E-state index contributed by atoms with van der Waals surface area (Å²) in [6.45, 7) is 7.26. The zero-order valence-electron chi connectivity index (χ0n) is 16.3. The molecule has 1 unspecified atom stereocenters. The van der Waals surface area contributed by atoms with Crippen molar-refractivity contribution in [2.24, 2.45) is 0 Å². The molecular weight excluding hydrogens is 354 g/mol. The highest BCUT2D eigenvalue weighted by Crippen LogP contribution is 2.27. The van der Waals surface area contributed by atoms with Gasteiger partial charge in [-0.1, -0.05) is 19.9 Å². The number of fused-ring (bicyclic) bond motifs is 1. The van der Waals surface area contributed by atoms with Crippen LogP contribution in [0.1, 0.15) is 59.4 Å². The molecular formula is C21H23N5O2. The van der Waals surface area contributed by atoms with Gasteiger partial charge in [0.1, 0.15) is 5.69 Å². The number of hydrogen-bond donors (Lipinski definition) is 0. The monoisotopic (exact) mass is 377 g/mol. The average molecular weight is 377 g/mol. The van der Waals surface area contributed by atoms with Gasteiger partial charge in [-0.3, -0.25) is 14.6 Å². The summed E-state index contributed by atoms with van der Waals surface area (Å²) in [4.78, 5) is 35.9. The van der Waals surface area contributed by atoms with Gasteiger partial charge >= 0.3 is 0 Å². The molecule has 1 fully saturated rings. The Hall–Kier alpha value is -3.09. The van der Waals surface area contributed by atoms with Gasteiger partial charge in [0.15, 0.2) is 5.65 Å². The van der Waals surface area contributed by atoms with Gasteiger partial charge < -0.3 is 4.90 Å². The molecule has 4 rings (SSSR count). The van der Waals surface area contributed by atoms with E-state index >= 15 is 0 Å². The SMILES string of the molecule is Cc1cc2nc(C(=O)N3CCC(c4cccnc4)C3)cc(=O)n2nc1C(C)C. The summed E-state index contributed by atoms with van der Waals surface area (Å²) in [5.41, 5.74) is 3.19. The summed E-state index contributed by atoms with van der Waals surface area (Å²) in [6, 6.07) is 7.06. The van der Waals surface area contributed by atoms with E-state index in [-0.39, 0.29) is 29.0 Å². The van der Waals surface area contributed by atoms with Gasteiger partial charge in [0, 0.05) is 37.5 Å². The Kier molecular flexibility index (Phi) is 4.66. The molecule has 144 valence electrons. The lowest BCUT2D eigenvalue weighted by atomic mass is 10.0. The second kappa shape index (κ2) is 7.14. The molecule has 1 aliphatic heterocycles. The molecule has 0 bridgehead atoms. The van der Waals surface area contributed by atoms with Crippen LogP contribution >= 0.6 is 0 Å². The van der Waals surface area contributed by atoms with Crippen LogP contribution < -0.4 is 5.56 Å². The Bertz CT molecular complexity index is 1090. The van der Waals surface area contributed by atoms with E-state index in [4.69, 9.17) is 0 Å². The quantitative estimate of drug-likeness (QED) is 0.701. The normalized spacial score (nSPS) is 16.9. The maximum atomic E-state index is 13.0. The number of rotatable bonds is 3. The third kappa shape index (κ3) is 3.28. The van der Waals surface area contributed by atoms with Crippen molar-refractivity contribution >= 4 is 11.6 Å². The van der Waals surface area contributed by atoms with Crippen LogP contribution in [0.15, 0.2) is 41.5 Å². The summed E-state index contributed by atoms with van der Waals surface area (Å²) in [5.74, 6) is 0.250. The van der Waals surface area contributed by atoms with Crippen molar-refractivity contribution < 1.29 is 4.79 Å². The number of carbonyl (C=O) groups is 1. The molecule has 0 spiro atoms. The highest BCUT2D eigenvalue weighted by atomic mass is 16.2. The van der Waals surface area contributed by atoms with E-state index in [9.17, 15) is 9.59 Å². The first-order chi connectivity index (χ1) is 13.4. The Morgan fingerprint density at radius 1 is 1.29 bits per heavy atom. The molecule has 7 nitrogen and oxygen atoms in total. The van der Waals surface area contributed by atoms with E-state index in [0.717, 1.165) is 23.2 Å². The standard InChI is InChI=1S/C21H23N5O2/c1-13(2)20-14(3)9-18-23-17(10-19(27)26(18)24-20)21(28)25-8-6-16(12-25)15-5-4-7-22-11-15/h4-5,7,9-11,13,16H,6,8,12H2,1-3H3. The number of aryl methyl sites for hydroxylation is 1. The molecule has 4 heterocycles. The smallest absolute Gasteiger partial charge is 0.275 e. The lowest BCUT2D eigenvalue weighted by Gasteiger charge is -2.16. The molecule has 0 radical (unpaired) electrons. The van der Waals surface area contributed by atoms with Crippen molar-refractivity contribution in [1.82, 2.24) is 24.5 Å². The number of aromatic nitrogens is 4. The lowest BCUT2D eigenvalue weighted by Crippen LogP contribution is -2.31. The van der Waals surface area contributed by atoms with Gasteiger partial charge in [0.25, 0.3) is 11.5 Å². The summed E-state index contributed by atoms with van der Waals surface area (Å²) >= 11 is 0. The van der Waals surface area contributed by atoms with Crippen LogP contribution in [0.25, 0.3) is 5.65 Å². The number of hydrogen-bond acceptors (Lipinski definition) is 5. The van der Waals surface area contributed by atoms with E-state index in [0.29, 0.717) is 18.7 Å². The van der Waals surface area contributed by atoms with Crippen LogP contribution in [0.5, 0.6) is 0 Å². The summed E-state index contributed by atoms with van der Waals surface area (Å²) in [7, 11) is 0.